The number of methoxy groups -OCH3 is 1. The van der Waals surface area contributed by atoms with Crippen LogP contribution in [0.5, 0.6) is 5.75 Å². The molecular formula is C15H19N3O3. The minimum atomic E-state index is -0.166. The zero-order valence-electron chi connectivity index (χ0n) is 12.0. The molecule has 0 radical (unpaired) electrons. The standard InChI is InChI=1S/C15H19N3O3/c1-20-14-5-4-12(3-2-6-16)11-13(14)17-15(19)18-7-9-21-10-8-18/h4-5,11H,6-10,16H2,1H3,(H,17,19). The summed E-state index contributed by atoms with van der Waals surface area (Å²) in [6.45, 7) is 2.59. The molecule has 1 aliphatic heterocycles. The van der Waals surface area contributed by atoms with Gasteiger partial charge in [0.05, 0.1) is 32.6 Å². The molecule has 1 aliphatic rings. The molecule has 0 atom stereocenters. The Morgan fingerprint density at radius 3 is 2.90 bits per heavy atom. The van der Waals surface area contributed by atoms with E-state index in [0.717, 1.165) is 5.56 Å². The third-order valence-electron chi connectivity index (χ3n) is 3.07. The van der Waals surface area contributed by atoms with E-state index in [-0.39, 0.29) is 6.03 Å². The molecule has 0 saturated carbocycles. The predicted molar refractivity (Wildman–Crippen MR) is 80.3 cm³/mol. The first-order valence-corrected chi connectivity index (χ1v) is 6.75. The van der Waals surface area contributed by atoms with Gasteiger partial charge in [0.15, 0.2) is 0 Å². The number of urea groups is 1. The molecule has 0 spiro atoms. The van der Waals surface area contributed by atoms with Gasteiger partial charge in [-0.15, -0.1) is 0 Å². The molecule has 1 heterocycles. The molecule has 0 bridgehead atoms. The Kier molecular flexibility index (Phi) is 5.43. The zero-order chi connectivity index (χ0) is 15.1. The quantitative estimate of drug-likeness (QED) is 0.792. The second-order valence-corrected chi connectivity index (χ2v) is 4.45. The smallest absolute Gasteiger partial charge is 0.322 e. The summed E-state index contributed by atoms with van der Waals surface area (Å²) in [7, 11) is 1.56. The number of ether oxygens (including phenoxy) is 2. The highest BCUT2D eigenvalue weighted by molar-refractivity contribution is 5.91. The van der Waals surface area contributed by atoms with Crippen LogP contribution in [0.1, 0.15) is 5.56 Å². The lowest BCUT2D eigenvalue weighted by molar-refractivity contribution is 0.0564. The number of benzene rings is 1. The fourth-order valence-corrected chi connectivity index (χ4v) is 2.00. The summed E-state index contributed by atoms with van der Waals surface area (Å²) in [5.74, 6) is 6.31. The maximum Gasteiger partial charge on any atom is 0.322 e. The zero-order valence-corrected chi connectivity index (χ0v) is 12.0. The largest absolute Gasteiger partial charge is 0.495 e. The second-order valence-electron chi connectivity index (χ2n) is 4.45. The van der Waals surface area contributed by atoms with Crippen LogP contribution in [0.25, 0.3) is 0 Å². The lowest BCUT2D eigenvalue weighted by atomic mass is 10.2. The maximum atomic E-state index is 12.2. The second kappa shape index (κ2) is 7.53. The third-order valence-corrected chi connectivity index (χ3v) is 3.07. The highest BCUT2D eigenvalue weighted by Crippen LogP contribution is 2.25. The van der Waals surface area contributed by atoms with E-state index < -0.39 is 0 Å². The van der Waals surface area contributed by atoms with E-state index in [2.05, 4.69) is 17.2 Å². The number of nitrogens with two attached hydrogens (primary N) is 1. The van der Waals surface area contributed by atoms with Crippen molar-refractivity contribution in [1.29, 1.82) is 0 Å². The minimum absolute atomic E-state index is 0.166. The van der Waals surface area contributed by atoms with E-state index in [4.69, 9.17) is 15.2 Å². The topological polar surface area (TPSA) is 76.8 Å². The van der Waals surface area contributed by atoms with Crippen molar-refractivity contribution in [2.24, 2.45) is 5.73 Å². The highest BCUT2D eigenvalue weighted by Gasteiger charge is 2.18. The molecular weight excluding hydrogens is 270 g/mol. The van der Waals surface area contributed by atoms with Gasteiger partial charge in [-0.25, -0.2) is 4.79 Å². The van der Waals surface area contributed by atoms with Gasteiger partial charge in [-0.1, -0.05) is 11.8 Å². The van der Waals surface area contributed by atoms with Crippen molar-refractivity contribution in [1.82, 2.24) is 4.90 Å². The summed E-state index contributed by atoms with van der Waals surface area (Å²) in [5.41, 5.74) is 6.73. The van der Waals surface area contributed by atoms with Gasteiger partial charge in [-0.2, -0.15) is 0 Å². The van der Waals surface area contributed by atoms with Crippen molar-refractivity contribution in [3.8, 4) is 17.6 Å². The Morgan fingerprint density at radius 2 is 2.24 bits per heavy atom. The van der Waals surface area contributed by atoms with Crippen LogP contribution >= 0.6 is 0 Å². The average Bonchev–Trinajstić information content (AvgIpc) is 2.54. The van der Waals surface area contributed by atoms with Gasteiger partial charge in [0.2, 0.25) is 0 Å². The van der Waals surface area contributed by atoms with Crippen molar-refractivity contribution in [2.45, 2.75) is 0 Å². The van der Waals surface area contributed by atoms with E-state index in [1.165, 1.54) is 0 Å². The van der Waals surface area contributed by atoms with Crippen LogP contribution in [0.15, 0.2) is 18.2 Å². The van der Waals surface area contributed by atoms with Crippen molar-refractivity contribution in [3.63, 3.8) is 0 Å². The summed E-state index contributed by atoms with van der Waals surface area (Å²) >= 11 is 0. The lowest BCUT2D eigenvalue weighted by Crippen LogP contribution is -2.43. The van der Waals surface area contributed by atoms with Gasteiger partial charge in [-0.05, 0) is 18.2 Å². The van der Waals surface area contributed by atoms with Crippen LogP contribution in [0.2, 0.25) is 0 Å². The summed E-state index contributed by atoms with van der Waals surface area (Å²) in [5, 5.41) is 2.86. The monoisotopic (exact) mass is 289 g/mol. The van der Waals surface area contributed by atoms with Gasteiger partial charge < -0.3 is 25.4 Å². The Hall–Kier alpha value is -2.23. The highest BCUT2D eigenvalue weighted by atomic mass is 16.5. The Bertz CT molecular complexity index is 557. The third kappa shape index (κ3) is 4.12. The molecule has 0 aromatic heterocycles. The van der Waals surface area contributed by atoms with Gasteiger partial charge >= 0.3 is 6.03 Å². The molecule has 1 saturated heterocycles. The van der Waals surface area contributed by atoms with E-state index >= 15 is 0 Å². The van der Waals surface area contributed by atoms with Gasteiger partial charge in [0.25, 0.3) is 0 Å². The fraction of sp³-hybridized carbons (Fsp3) is 0.400. The number of amides is 2. The first kappa shape index (κ1) is 15.2. The van der Waals surface area contributed by atoms with Crippen molar-refractivity contribution in [2.75, 3.05) is 45.3 Å². The average molecular weight is 289 g/mol. The summed E-state index contributed by atoms with van der Waals surface area (Å²) in [6.07, 6.45) is 0. The maximum absolute atomic E-state index is 12.2. The van der Waals surface area contributed by atoms with Crippen molar-refractivity contribution < 1.29 is 14.3 Å². The SMILES string of the molecule is COc1ccc(C#CCN)cc1NC(=O)N1CCOCC1. The van der Waals surface area contributed by atoms with Gasteiger partial charge in [0.1, 0.15) is 5.75 Å². The number of hydrogen-bond donors (Lipinski definition) is 2. The minimum Gasteiger partial charge on any atom is -0.495 e. The van der Waals surface area contributed by atoms with Crippen molar-refractivity contribution in [3.05, 3.63) is 23.8 Å². The normalized spacial score (nSPS) is 14.1. The molecule has 1 aromatic carbocycles. The van der Waals surface area contributed by atoms with Crippen LogP contribution in [-0.2, 0) is 4.74 Å². The first-order chi connectivity index (χ1) is 10.2. The molecule has 2 amide bonds. The Morgan fingerprint density at radius 1 is 1.48 bits per heavy atom. The molecule has 2 rings (SSSR count). The molecule has 6 heteroatoms. The fourth-order valence-electron chi connectivity index (χ4n) is 2.00. The number of nitrogens with one attached hydrogen (secondary N) is 1. The number of hydrogen-bond acceptors (Lipinski definition) is 4. The van der Waals surface area contributed by atoms with E-state index in [0.29, 0.717) is 44.3 Å². The molecule has 112 valence electrons. The summed E-state index contributed by atoms with van der Waals surface area (Å²) in [4.78, 5) is 13.9. The van der Waals surface area contributed by atoms with E-state index in [9.17, 15) is 4.79 Å². The summed E-state index contributed by atoms with van der Waals surface area (Å²) < 4.78 is 10.5. The van der Waals surface area contributed by atoms with Crippen molar-refractivity contribution >= 4 is 11.7 Å². The number of carbonyl (C=O) groups excluding carboxylic acids is 1. The predicted octanol–water partition coefficient (Wildman–Crippen LogP) is 0.870. The molecule has 1 aromatic rings. The van der Waals surface area contributed by atoms with Crippen LogP contribution in [-0.4, -0.2) is 50.9 Å². The van der Waals surface area contributed by atoms with Crippen LogP contribution in [0, 0.1) is 11.8 Å². The van der Waals surface area contributed by atoms with E-state index in [1.807, 2.05) is 6.07 Å². The van der Waals surface area contributed by atoms with Crippen LogP contribution in [0.4, 0.5) is 10.5 Å². The van der Waals surface area contributed by atoms with Crippen LogP contribution < -0.4 is 15.8 Å². The summed E-state index contributed by atoms with van der Waals surface area (Å²) in [6, 6.07) is 5.21. The molecule has 6 nitrogen and oxygen atoms in total. The number of carbonyl (C=O) groups is 1. The lowest BCUT2D eigenvalue weighted by Gasteiger charge is -2.27. The number of nitrogens with zero attached hydrogens (tertiary/aromatic N) is 1. The molecule has 0 aliphatic carbocycles. The number of morpholine rings is 1. The molecule has 0 unspecified atom stereocenters. The Labute approximate surface area is 124 Å². The Balaban J connectivity index is 2.14. The number of rotatable bonds is 2. The number of anilines is 1. The molecule has 21 heavy (non-hydrogen) atoms. The molecule has 1 fully saturated rings. The van der Waals surface area contributed by atoms with Crippen LogP contribution in [0.3, 0.4) is 0 Å². The van der Waals surface area contributed by atoms with Gasteiger partial charge in [0, 0.05) is 18.7 Å². The van der Waals surface area contributed by atoms with E-state index in [1.54, 1.807) is 24.1 Å². The molecule has 3 N–H and O–H groups in total. The van der Waals surface area contributed by atoms with Gasteiger partial charge in [-0.3, -0.25) is 0 Å². The first-order valence-electron chi connectivity index (χ1n) is 6.75.